The highest BCUT2D eigenvalue weighted by atomic mass is 32.1. The van der Waals surface area contributed by atoms with Crippen LogP contribution in [0.3, 0.4) is 0 Å². The van der Waals surface area contributed by atoms with Gasteiger partial charge in [0.1, 0.15) is 0 Å². The fourth-order valence-electron chi connectivity index (χ4n) is 1.44. The molecule has 0 spiro atoms. The maximum Gasteiger partial charge on any atom is 0.0543 e. The number of thiophene rings is 1. The lowest BCUT2D eigenvalue weighted by atomic mass is 10.1. The van der Waals surface area contributed by atoms with Crippen LogP contribution in [0.15, 0.2) is 11.4 Å². The van der Waals surface area contributed by atoms with Crippen molar-refractivity contribution < 1.29 is 5.11 Å². The number of aliphatic hydroxyl groups excluding tert-OH is 1. The van der Waals surface area contributed by atoms with Gasteiger partial charge >= 0.3 is 0 Å². The predicted octanol–water partition coefficient (Wildman–Crippen LogP) is 3.15. The van der Waals surface area contributed by atoms with E-state index in [1.165, 1.54) is 10.4 Å². The first-order chi connectivity index (χ1) is 6.24. The lowest BCUT2D eigenvalue weighted by molar-refractivity contribution is 0.154. The molecule has 1 aromatic rings. The second kappa shape index (κ2) is 5.40. The van der Waals surface area contributed by atoms with Crippen molar-refractivity contribution in [3.05, 3.63) is 21.9 Å². The minimum atomic E-state index is -0.105. The average Bonchev–Trinajstić information content (AvgIpc) is 2.48. The largest absolute Gasteiger partial charge is 0.393 e. The first-order valence-electron chi connectivity index (χ1n) is 4.95. The van der Waals surface area contributed by atoms with E-state index < -0.39 is 0 Å². The van der Waals surface area contributed by atoms with Gasteiger partial charge in [-0.05, 0) is 43.2 Å². The molecule has 1 nitrogen and oxygen atoms in total. The van der Waals surface area contributed by atoms with Crippen molar-refractivity contribution in [2.24, 2.45) is 0 Å². The third kappa shape index (κ3) is 3.49. The van der Waals surface area contributed by atoms with E-state index in [4.69, 9.17) is 0 Å². The highest BCUT2D eigenvalue weighted by Crippen LogP contribution is 2.18. The summed E-state index contributed by atoms with van der Waals surface area (Å²) in [5, 5.41) is 11.7. The van der Waals surface area contributed by atoms with Crippen LogP contribution >= 0.6 is 11.3 Å². The Morgan fingerprint density at radius 1 is 1.46 bits per heavy atom. The number of aliphatic hydroxyl groups is 1. The zero-order valence-corrected chi connectivity index (χ0v) is 9.23. The summed E-state index contributed by atoms with van der Waals surface area (Å²) in [6.07, 6.45) is 3.85. The summed E-state index contributed by atoms with van der Waals surface area (Å²) in [6, 6.07) is 2.15. The molecule has 0 saturated heterocycles. The van der Waals surface area contributed by atoms with Crippen LogP contribution in [0.5, 0.6) is 0 Å². The second-order valence-corrected chi connectivity index (χ2v) is 4.51. The zero-order valence-electron chi connectivity index (χ0n) is 8.42. The highest BCUT2D eigenvalue weighted by Gasteiger charge is 2.05. The van der Waals surface area contributed by atoms with Gasteiger partial charge in [-0.25, -0.2) is 0 Å². The Bertz CT molecular complexity index is 242. The Morgan fingerprint density at radius 3 is 2.77 bits per heavy atom. The SMILES string of the molecule is CCCC(O)CCc1sccc1C. The minimum Gasteiger partial charge on any atom is -0.393 e. The van der Waals surface area contributed by atoms with E-state index in [-0.39, 0.29) is 6.10 Å². The lowest BCUT2D eigenvalue weighted by Gasteiger charge is -2.07. The minimum absolute atomic E-state index is 0.105. The summed E-state index contributed by atoms with van der Waals surface area (Å²) in [5.74, 6) is 0. The first-order valence-corrected chi connectivity index (χ1v) is 5.83. The molecule has 1 rings (SSSR count). The average molecular weight is 198 g/mol. The Hall–Kier alpha value is -0.340. The van der Waals surface area contributed by atoms with Gasteiger partial charge in [0.05, 0.1) is 6.10 Å². The monoisotopic (exact) mass is 198 g/mol. The van der Waals surface area contributed by atoms with Crippen molar-refractivity contribution in [3.63, 3.8) is 0 Å². The van der Waals surface area contributed by atoms with E-state index in [1.807, 2.05) is 0 Å². The van der Waals surface area contributed by atoms with Gasteiger partial charge in [0.15, 0.2) is 0 Å². The summed E-state index contributed by atoms with van der Waals surface area (Å²) in [7, 11) is 0. The normalized spacial score (nSPS) is 13.2. The van der Waals surface area contributed by atoms with E-state index >= 15 is 0 Å². The standard InChI is InChI=1S/C11H18OS/c1-3-4-10(12)5-6-11-9(2)7-8-13-11/h7-8,10,12H,3-6H2,1-2H3. The summed E-state index contributed by atoms with van der Waals surface area (Å²) in [4.78, 5) is 1.43. The molecule has 1 heterocycles. The second-order valence-electron chi connectivity index (χ2n) is 3.51. The van der Waals surface area contributed by atoms with E-state index in [9.17, 15) is 5.11 Å². The molecule has 1 unspecified atom stereocenters. The molecule has 1 N–H and O–H groups in total. The smallest absolute Gasteiger partial charge is 0.0543 e. The van der Waals surface area contributed by atoms with E-state index in [2.05, 4.69) is 25.3 Å². The summed E-state index contributed by atoms with van der Waals surface area (Å²) < 4.78 is 0. The predicted molar refractivity (Wildman–Crippen MR) is 58.3 cm³/mol. The molecule has 0 fully saturated rings. The van der Waals surface area contributed by atoms with Gasteiger partial charge < -0.3 is 5.11 Å². The molecule has 0 saturated carbocycles. The van der Waals surface area contributed by atoms with Crippen molar-refractivity contribution >= 4 is 11.3 Å². The molecule has 74 valence electrons. The third-order valence-electron chi connectivity index (χ3n) is 2.29. The Kier molecular flexibility index (Phi) is 4.46. The molecule has 0 aliphatic carbocycles. The maximum atomic E-state index is 9.54. The number of aryl methyl sites for hydroxylation is 2. The fourth-order valence-corrected chi connectivity index (χ4v) is 2.36. The topological polar surface area (TPSA) is 20.2 Å². The van der Waals surface area contributed by atoms with Crippen LogP contribution in [-0.2, 0) is 6.42 Å². The number of hydrogen-bond acceptors (Lipinski definition) is 2. The van der Waals surface area contributed by atoms with E-state index in [0.717, 1.165) is 25.7 Å². The van der Waals surface area contributed by atoms with Crippen molar-refractivity contribution in [3.8, 4) is 0 Å². The molecule has 0 aliphatic rings. The Labute approximate surface area is 84.4 Å². The van der Waals surface area contributed by atoms with Gasteiger partial charge in [-0.3, -0.25) is 0 Å². The summed E-state index contributed by atoms with van der Waals surface area (Å²) in [6.45, 7) is 4.25. The van der Waals surface area contributed by atoms with Gasteiger partial charge in [-0.15, -0.1) is 11.3 Å². The van der Waals surface area contributed by atoms with Crippen molar-refractivity contribution in [2.45, 2.75) is 45.6 Å². The molecule has 0 radical (unpaired) electrons. The van der Waals surface area contributed by atoms with Crippen LogP contribution in [0, 0.1) is 6.92 Å². The van der Waals surface area contributed by atoms with Crippen molar-refractivity contribution in [1.82, 2.24) is 0 Å². The Balaban J connectivity index is 2.30. The maximum absolute atomic E-state index is 9.54. The molecule has 1 atom stereocenters. The van der Waals surface area contributed by atoms with E-state index in [1.54, 1.807) is 11.3 Å². The van der Waals surface area contributed by atoms with Crippen LogP contribution in [0.4, 0.5) is 0 Å². The van der Waals surface area contributed by atoms with Gasteiger partial charge in [-0.1, -0.05) is 13.3 Å². The quantitative estimate of drug-likeness (QED) is 0.770. The van der Waals surface area contributed by atoms with Crippen molar-refractivity contribution in [2.75, 3.05) is 0 Å². The molecule has 0 amide bonds. The van der Waals surface area contributed by atoms with Gasteiger partial charge in [0.2, 0.25) is 0 Å². The Morgan fingerprint density at radius 2 is 2.23 bits per heavy atom. The molecule has 0 aromatic carbocycles. The lowest BCUT2D eigenvalue weighted by Crippen LogP contribution is -2.06. The van der Waals surface area contributed by atoms with Crippen LogP contribution in [0.2, 0.25) is 0 Å². The first kappa shape index (κ1) is 10.7. The highest BCUT2D eigenvalue weighted by molar-refractivity contribution is 7.10. The summed E-state index contributed by atoms with van der Waals surface area (Å²) >= 11 is 1.80. The molecular formula is C11H18OS. The molecule has 0 aliphatic heterocycles. The van der Waals surface area contributed by atoms with Gasteiger partial charge in [-0.2, -0.15) is 0 Å². The molecule has 13 heavy (non-hydrogen) atoms. The summed E-state index contributed by atoms with van der Waals surface area (Å²) in [5.41, 5.74) is 1.37. The van der Waals surface area contributed by atoms with Crippen LogP contribution in [0.1, 0.15) is 36.6 Å². The fraction of sp³-hybridized carbons (Fsp3) is 0.636. The van der Waals surface area contributed by atoms with Gasteiger partial charge in [0.25, 0.3) is 0 Å². The molecule has 2 heteroatoms. The third-order valence-corrected chi connectivity index (χ3v) is 3.38. The van der Waals surface area contributed by atoms with Crippen LogP contribution in [0.25, 0.3) is 0 Å². The van der Waals surface area contributed by atoms with Crippen LogP contribution in [-0.4, -0.2) is 11.2 Å². The molecule has 0 bridgehead atoms. The molecular weight excluding hydrogens is 180 g/mol. The van der Waals surface area contributed by atoms with Crippen molar-refractivity contribution in [1.29, 1.82) is 0 Å². The van der Waals surface area contributed by atoms with Gasteiger partial charge in [0, 0.05) is 4.88 Å². The molecule has 1 aromatic heterocycles. The number of rotatable bonds is 5. The van der Waals surface area contributed by atoms with Crippen LogP contribution < -0.4 is 0 Å². The zero-order chi connectivity index (χ0) is 9.68. The van der Waals surface area contributed by atoms with E-state index in [0.29, 0.717) is 0 Å². The number of hydrogen-bond donors (Lipinski definition) is 1.